The van der Waals surface area contributed by atoms with Crippen molar-refractivity contribution in [1.82, 2.24) is 15.1 Å². The number of benzene rings is 3. The van der Waals surface area contributed by atoms with E-state index in [-0.39, 0.29) is 37.5 Å². The largest absolute Gasteiger partial charge is 0.349 e. The minimum Gasteiger partial charge on any atom is -0.349 e. The van der Waals surface area contributed by atoms with Crippen LogP contribution in [0.1, 0.15) is 27.0 Å². The third-order valence-electron chi connectivity index (χ3n) is 5.95. The highest BCUT2D eigenvalue weighted by Crippen LogP contribution is 2.21. The van der Waals surface area contributed by atoms with E-state index in [1.807, 2.05) is 54.6 Å². The maximum Gasteiger partial charge on any atom is 0.264 e. The standard InChI is InChI=1S/C27H27FN4O3/c28-23-11-5-10-22(16-23)27(35)32-13-12-31(24(33)15-19-6-2-1-3-7-19)26(32)25(34)30-18-21-9-4-8-20(14-21)17-29/h1-11,14,16,26H,12-13,15,17-18,29H2,(H,30,34). The van der Waals surface area contributed by atoms with E-state index in [1.54, 1.807) is 0 Å². The SMILES string of the molecule is NCc1cccc(CNC(=O)C2N(C(=O)Cc3ccccc3)CCN2C(=O)c2cccc(F)c2)c1. The summed E-state index contributed by atoms with van der Waals surface area (Å²) in [5, 5.41) is 2.85. The molecule has 0 aliphatic carbocycles. The second-order valence-electron chi connectivity index (χ2n) is 8.37. The van der Waals surface area contributed by atoms with Crippen LogP contribution >= 0.6 is 0 Å². The number of halogens is 1. The lowest BCUT2D eigenvalue weighted by Crippen LogP contribution is -2.54. The maximum atomic E-state index is 13.8. The maximum absolute atomic E-state index is 13.8. The van der Waals surface area contributed by atoms with Crippen molar-refractivity contribution in [2.24, 2.45) is 5.73 Å². The number of amides is 3. The predicted molar refractivity (Wildman–Crippen MR) is 129 cm³/mol. The van der Waals surface area contributed by atoms with Crippen molar-refractivity contribution in [3.63, 3.8) is 0 Å². The van der Waals surface area contributed by atoms with Crippen LogP contribution in [0.3, 0.4) is 0 Å². The second-order valence-corrected chi connectivity index (χ2v) is 8.37. The highest BCUT2D eigenvalue weighted by atomic mass is 19.1. The molecule has 1 aliphatic rings. The number of hydrogen-bond acceptors (Lipinski definition) is 4. The molecule has 0 spiro atoms. The van der Waals surface area contributed by atoms with Crippen molar-refractivity contribution in [3.05, 3.63) is 107 Å². The Kier molecular flexibility index (Phi) is 7.52. The number of nitrogens with two attached hydrogens (primary N) is 1. The monoisotopic (exact) mass is 474 g/mol. The number of nitrogens with one attached hydrogen (secondary N) is 1. The van der Waals surface area contributed by atoms with Crippen LogP contribution in [0, 0.1) is 5.82 Å². The van der Waals surface area contributed by atoms with Crippen LogP contribution < -0.4 is 11.1 Å². The van der Waals surface area contributed by atoms with Gasteiger partial charge >= 0.3 is 0 Å². The molecule has 0 aromatic heterocycles. The Bertz CT molecular complexity index is 1220. The fourth-order valence-corrected chi connectivity index (χ4v) is 4.19. The number of carbonyl (C=O) groups is 3. The molecule has 1 heterocycles. The summed E-state index contributed by atoms with van der Waals surface area (Å²) in [5.41, 5.74) is 8.42. The highest BCUT2D eigenvalue weighted by molar-refractivity contribution is 5.99. The zero-order valence-corrected chi connectivity index (χ0v) is 19.2. The third-order valence-corrected chi connectivity index (χ3v) is 5.95. The van der Waals surface area contributed by atoms with Crippen molar-refractivity contribution in [2.45, 2.75) is 25.7 Å². The fraction of sp³-hybridized carbons (Fsp3) is 0.222. The summed E-state index contributed by atoms with van der Waals surface area (Å²) < 4.78 is 13.8. The van der Waals surface area contributed by atoms with Gasteiger partial charge in [-0.1, -0.05) is 60.7 Å². The van der Waals surface area contributed by atoms with E-state index < -0.39 is 23.8 Å². The van der Waals surface area contributed by atoms with Gasteiger partial charge < -0.3 is 20.9 Å². The van der Waals surface area contributed by atoms with Crippen molar-refractivity contribution >= 4 is 17.7 Å². The smallest absolute Gasteiger partial charge is 0.264 e. The lowest BCUT2D eigenvalue weighted by Gasteiger charge is -2.29. The molecule has 8 heteroatoms. The van der Waals surface area contributed by atoms with Gasteiger partial charge in [0.1, 0.15) is 5.82 Å². The summed E-state index contributed by atoms with van der Waals surface area (Å²) in [4.78, 5) is 42.5. The molecule has 3 aromatic carbocycles. The molecular weight excluding hydrogens is 447 g/mol. The van der Waals surface area contributed by atoms with Crippen molar-refractivity contribution in [3.8, 4) is 0 Å². The Labute approximate surface area is 203 Å². The average Bonchev–Trinajstić information content (AvgIpc) is 3.33. The molecule has 3 N–H and O–H groups in total. The summed E-state index contributed by atoms with van der Waals surface area (Å²) in [5.74, 6) is -1.81. The Morgan fingerprint density at radius 2 is 1.54 bits per heavy atom. The zero-order chi connectivity index (χ0) is 24.8. The molecule has 1 unspecified atom stereocenters. The van der Waals surface area contributed by atoms with Gasteiger partial charge in [0, 0.05) is 31.7 Å². The van der Waals surface area contributed by atoms with Gasteiger partial charge in [-0.2, -0.15) is 0 Å². The van der Waals surface area contributed by atoms with E-state index in [2.05, 4.69) is 5.32 Å². The van der Waals surface area contributed by atoms with E-state index in [1.165, 1.54) is 28.0 Å². The molecule has 1 atom stereocenters. The number of rotatable bonds is 7. The van der Waals surface area contributed by atoms with Crippen LogP contribution in [0.5, 0.6) is 0 Å². The predicted octanol–water partition coefficient (Wildman–Crippen LogP) is 2.45. The normalized spacial score (nSPS) is 15.2. The molecule has 3 aromatic rings. The van der Waals surface area contributed by atoms with Gasteiger partial charge in [-0.3, -0.25) is 14.4 Å². The lowest BCUT2D eigenvalue weighted by atomic mass is 10.1. The van der Waals surface area contributed by atoms with E-state index in [9.17, 15) is 18.8 Å². The molecule has 1 fully saturated rings. The summed E-state index contributed by atoms with van der Waals surface area (Å²) in [6.07, 6.45) is -1.04. The van der Waals surface area contributed by atoms with E-state index in [4.69, 9.17) is 5.73 Å². The zero-order valence-electron chi connectivity index (χ0n) is 19.2. The molecular formula is C27H27FN4O3. The van der Waals surface area contributed by atoms with E-state index in [0.29, 0.717) is 6.54 Å². The Balaban J connectivity index is 1.56. The van der Waals surface area contributed by atoms with Crippen LogP contribution in [0.25, 0.3) is 0 Å². The minimum absolute atomic E-state index is 0.102. The first kappa shape index (κ1) is 24.1. The topological polar surface area (TPSA) is 95.7 Å². The first-order valence-corrected chi connectivity index (χ1v) is 11.4. The molecule has 0 bridgehead atoms. The van der Waals surface area contributed by atoms with Gasteiger partial charge in [0.2, 0.25) is 5.91 Å². The van der Waals surface area contributed by atoms with Crippen molar-refractivity contribution in [2.75, 3.05) is 13.1 Å². The third kappa shape index (κ3) is 5.73. The number of hydrogen-bond donors (Lipinski definition) is 2. The van der Waals surface area contributed by atoms with Gasteiger partial charge in [0.05, 0.1) is 6.42 Å². The summed E-state index contributed by atoms with van der Waals surface area (Å²) in [7, 11) is 0. The van der Waals surface area contributed by atoms with Gasteiger partial charge in [-0.05, 0) is 34.9 Å². The average molecular weight is 475 g/mol. The molecule has 0 radical (unpaired) electrons. The lowest BCUT2D eigenvalue weighted by molar-refractivity contribution is -0.141. The second kappa shape index (κ2) is 10.9. The number of carbonyl (C=O) groups excluding carboxylic acids is 3. The summed E-state index contributed by atoms with van der Waals surface area (Å²) in [6.45, 7) is 0.956. The van der Waals surface area contributed by atoms with Crippen LogP contribution in [-0.4, -0.2) is 46.8 Å². The van der Waals surface area contributed by atoms with Crippen molar-refractivity contribution in [1.29, 1.82) is 0 Å². The number of nitrogens with zero attached hydrogens (tertiary/aromatic N) is 2. The minimum atomic E-state index is -1.14. The fourth-order valence-electron chi connectivity index (χ4n) is 4.19. The molecule has 1 aliphatic heterocycles. The van der Waals surface area contributed by atoms with Gasteiger partial charge in [0.25, 0.3) is 11.8 Å². The van der Waals surface area contributed by atoms with E-state index >= 15 is 0 Å². The van der Waals surface area contributed by atoms with E-state index in [0.717, 1.165) is 22.8 Å². The Hall–Kier alpha value is -4.04. The van der Waals surface area contributed by atoms with Gasteiger partial charge in [0.15, 0.2) is 6.17 Å². The molecule has 1 saturated heterocycles. The van der Waals surface area contributed by atoms with Gasteiger partial charge in [-0.25, -0.2) is 4.39 Å². The summed E-state index contributed by atoms with van der Waals surface area (Å²) in [6, 6.07) is 22.0. The Morgan fingerprint density at radius 1 is 0.857 bits per heavy atom. The summed E-state index contributed by atoms with van der Waals surface area (Å²) >= 11 is 0. The molecule has 180 valence electrons. The quantitative estimate of drug-likeness (QED) is 0.550. The van der Waals surface area contributed by atoms with Gasteiger partial charge in [-0.15, -0.1) is 0 Å². The Morgan fingerprint density at radius 3 is 2.29 bits per heavy atom. The first-order chi connectivity index (χ1) is 17.0. The van der Waals surface area contributed by atoms with Crippen LogP contribution in [0.15, 0.2) is 78.9 Å². The highest BCUT2D eigenvalue weighted by Gasteiger charge is 2.42. The molecule has 4 rings (SSSR count). The van der Waals surface area contributed by atoms with Crippen LogP contribution in [0.2, 0.25) is 0 Å². The molecule has 35 heavy (non-hydrogen) atoms. The van der Waals surface area contributed by atoms with Crippen LogP contribution in [-0.2, 0) is 29.1 Å². The first-order valence-electron chi connectivity index (χ1n) is 11.4. The molecule has 7 nitrogen and oxygen atoms in total. The van der Waals surface area contributed by atoms with Crippen molar-refractivity contribution < 1.29 is 18.8 Å². The molecule has 3 amide bonds. The molecule has 0 saturated carbocycles. The van der Waals surface area contributed by atoms with Crippen LogP contribution in [0.4, 0.5) is 4.39 Å².